The van der Waals surface area contributed by atoms with Crippen molar-refractivity contribution in [2.24, 2.45) is 0 Å². The number of aliphatic hydroxyl groups excluding tert-OH is 1. The smallest absolute Gasteiger partial charge is 0.115 e. The van der Waals surface area contributed by atoms with E-state index in [1.807, 2.05) is 12.1 Å². The molecule has 2 unspecified atom stereocenters. The van der Waals surface area contributed by atoms with Crippen LogP contribution in [0, 0.1) is 0 Å². The van der Waals surface area contributed by atoms with Crippen molar-refractivity contribution < 1.29 is 10.2 Å². The largest absolute Gasteiger partial charge is 0.508 e. The van der Waals surface area contributed by atoms with Crippen molar-refractivity contribution in [1.82, 2.24) is 5.32 Å². The SMILES string of the molecule is Oc1ccc(CNC2CCC2O)cc1. The van der Waals surface area contributed by atoms with E-state index in [0.717, 1.165) is 24.9 Å². The summed E-state index contributed by atoms with van der Waals surface area (Å²) in [7, 11) is 0. The van der Waals surface area contributed by atoms with E-state index in [1.165, 1.54) is 0 Å². The van der Waals surface area contributed by atoms with Crippen LogP contribution in [0.3, 0.4) is 0 Å². The Hall–Kier alpha value is -1.06. The Bertz CT molecular complexity index is 297. The van der Waals surface area contributed by atoms with E-state index in [4.69, 9.17) is 5.11 Å². The molecule has 3 heteroatoms. The van der Waals surface area contributed by atoms with Crippen molar-refractivity contribution >= 4 is 0 Å². The van der Waals surface area contributed by atoms with Crippen LogP contribution in [0.25, 0.3) is 0 Å². The third-order valence-corrected chi connectivity index (χ3v) is 2.74. The van der Waals surface area contributed by atoms with Crippen LogP contribution in [0.4, 0.5) is 0 Å². The van der Waals surface area contributed by atoms with Crippen molar-refractivity contribution in [1.29, 1.82) is 0 Å². The zero-order chi connectivity index (χ0) is 9.97. The highest BCUT2D eigenvalue weighted by Gasteiger charge is 2.27. The maximum atomic E-state index is 9.33. The van der Waals surface area contributed by atoms with Crippen LogP contribution in [-0.2, 0) is 6.54 Å². The Morgan fingerprint density at radius 3 is 2.43 bits per heavy atom. The van der Waals surface area contributed by atoms with Crippen molar-refractivity contribution in [3.05, 3.63) is 29.8 Å². The summed E-state index contributed by atoms with van der Waals surface area (Å²) in [5.74, 6) is 0.289. The number of phenols is 1. The van der Waals surface area contributed by atoms with Crippen LogP contribution in [0.5, 0.6) is 5.75 Å². The lowest BCUT2D eigenvalue weighted by atomic mass is 9.89. The van der Waals surface area contributed by atoms with E-state index < -0.39 is 0 Å². The predicted molar refractivity (Wildman–Crippen MR) is 54.0 cm³/mol. The van der Waals surface area contributed by atoms with Crippen LogP contribution in [0.15, 0.2) is 24.3 Å². The molecule has 0 radical (unpaired) electrons. The average molecular weight is 193 g/mol. The second-order valence-corrected chi connectivity index (χ2v) is 3.80. The van der Waals surface area contributed by atoms with Crippen LogP contribution in [0.1, 0.15) is 18.4 Å². The van der Waals surface area contributed by atoms with Crippen molar-refractivity contribution in [3.8, 4) is 5.75 Å². The Balaban J connectivity index is 1.83. The quantitative estimate of drug-likeness (QED) is 0.671. The number of hydrogen-bond donors (Lipinski definition) is 3. The third-order valence-electron chi connectivity index (χ3n) is 2.74. The molecule has 0 aromatic heterocycles. The number of benzene rings is 1. The molecule has 0 spiro atoms. The fraction of sp³-hybridized carbons (Fsp3) is 0.455. The lowest BCUT2D eigenvalue weighted by molar-refractivity contribution is 0.0493. The van der Waals surface area contributed by atoms with Crippen molar-refractivity contribution in [2.45, 2.75) is 31.5 Å². The molecule has 1 aromatic carbocycles. The highest BCUT2D eigenvalue weighted by Crippen LogP contribution is 2.20. The first kappa shape index (κ1) is 9.49. The van der Waals surface area contributed by atoms with E-state index in [0.29, 0.717) is 0 Å². The molecule has 1 aliphatic rings. The maximum absolute atomic E-state index is 9.33. The summed E-state index contributed by atoms with van der Waals surface area (Å²) < 4.78 is 0. The Kier molecular flexibility index (Phi) is 2.70. The van der Waals surface area contributed by atoms with Gasteiger partial charge in [0.25, 0.3) is 0 Å². The topological polar surface area (TPSA) is 52.5 Å². The van der Waals surface area contributed by atoms with Gasteiger partial charge in [-0.05, 0) is 30.5 Å². The molecule has 0 aliphatic heterocycles. The molecule has 0 heterocycles. The van der Waals surface area contributed by atoms with Gasteiger partial charge in [0.2, 0.25) is 0 Å². The molecule has 3 nitrogen and oxygen atoms in total. The monoisotopic (exact) mass is 193 g/mol. The normalized spacial score (nSPS) is 25.8. The van der Waals surface area contributed by atoms with Gasteiger partial charge in [-0.25, -0.2) is 0 Å². The molecular formula is C11H15NO2. The molecule has 1 fully saturated rings. The first-order chi connectivity index (χ1) is 6.75. The number of aromatic hydroxyl groups is 1. The molecule has 0 bridgehead atoms. The molecule has 76 valence electrons. The molecule has 3 N–H and O–H groups in total. The van der Waals surface area contributed by atoms with Gasteiger partial charge >= 0.3 is 0 Å². The van der Waals surface area contributed by atoms with E-state index >= 15 is 0 Å². The fourth-order valence-electron chi connectivity index (χ4n) is 1.58. The minimum absolute atomic E-state index is 0.174. The van der Waals surface area contributed by atoms with Gasteiger partial charge in [0.1, 0.15) is 5.75 Å². The van der Waals surface area contributed by atoms with E-state index in [-0.39, 0.29) is 17.9 Å². The second kappa shape index (κ2) is 3.98. The maximum Gasteiger partial charge on any atom is 0.115 e. The number of hydrogen-bond acceptors (Lipinski definition) is 3. The molecule has 2 atom stereocenters. The van der Waals surface area contributed by atoms with Crippen LogP contribution in [0.2, 0.25) is 0 Å². The predicted octanol–water partition coefficient (Wildman–Crippen LogP) is 1.01. The van der Waals surface area contributed by atoms with Crippen LogP contribution >= 0.6 is 0 Å². The standard InChI is InChI=1S/C11H15NO2/c13-9-3-1-8(2-4-9)7-12-10-5-6-11(10)14/h1-4,10-14H,5-7H2. The van der Waals surface area contributed by atoms with Gasteiger partial charge in [-0.1, -0.05) is 12.1 Å². The molecule has 2 rings (SSSR count). The lowest BCUT2D eigenvalue weighted by Crippen LogP contribution is -2.47. The highest BCUT2D eigenvalue weighted by molar-refractivity contribution is 5.25. The van der Waals surface area contributed by atoms with Gasteiger partial charge in [0, 0.05) is 12.6 Å². The molecule has 1 saturated carbocycles. The van der Waals surface area contributed by atoms with Crippen LogP contribution < -0.4 is 5.32 Å². The second-order valence-electron chi connectivity index (χ2n) is 3.80. The number of phenolic OH excluding ortho intramolecular Hbond substituents is 1. The molecular weight excluding hydrogens is 178 g/mol. The minimum Gasteiger partial charge on any atom is -0.508 e. The van der Waals surface area contributed by atoms with Gasteiger partial charge in [0.05, 0.1) is 6.10 Å². The Labute approximate surface area is 83.4 Å². The van der Waals surface area contributed by atoms with Gasteiger partial charge in [0.15, 0.2) is 0 Å². The lowest BCUT2D eigenvalue weighted by Gasteiger charge is -2.33. The van der Waals surface area contributed by atoms with Gasteiger partial charge in [-0.3, -0.25) is 0 Å². The van der Waals surface area contributed by atoms with Crippen molar-refractivity contribution in [3.63, 3.8) is 0 Å². The van der Waals surface area contributed by atoms with Crippen LogP contribution in [-0.4, -0.2) is 22.4 Å². The average Bonchev–Trinajstić information content (AvgIpc) is 2.19. The molecule has 1 aromatic rings. The molecule has 1 aliphatic carbocycles. The number of nitrogens with one attached hydrogen (secondary N) is 1. The third kappa shape index (κ3) is 2.05. The summed E-state index contributed by atoms with van der Waals surface area (Å²) >= 11 is 0. The molecule has 0 amide bonds. The zero-order valence-corrected chi connectivity index (χ0v) is 7.98. The number of aliphatic hydroxyl groups is 1. The highest BCUT2D eigenvalue weighted by atomic mass is 16.3. The molecule has 14 heavy (non-hydrogen) atoms. The van der Waals surface area contributed by atoms with E-state index in [2.05, 4.69) is 5.32 Å². The summed E-state index contributed by atoms with van der Waals surface area (Å²) in [6.45, 7) is 0.752. The summed E-state index contributed by atoms with van der Waals surface area (Å²) in [6, 6.07) is 7.37. The van der Waals surface area contributed by atoms with Gasteiger partial charge < -0.3 is 15.5 Å². The zero-order valence-electron chi connectivity index (χ0n) is 7.98. The molecule has 0 saturated heterocycles. The summed E-state index contributed by atoms with van der Waals surface area (Å²) in [5, 5.41) is 21.7. The Morgan fingerprint density at radius 1 is 1.21 bits per heavy atom. The summed E-state index contributed by atoms with van der Waals surface area (Å²) in [4.78, 5) is 0. The van der Waals surface area contributed by atoms with Crippen molar-refractivity contribution in [2.75, 3.05) is 0 Å². The van der Waals surface area contributed by atoms with Gasteiger partial charge in [-0.2, -0.15) is 0 Å². The first-order valence-corrected chi connectivity index (χ1v) is 4.95. The van der Waals surface area contributed by atoms with E-state index in [9.17, 15) is 5.11 Å². The Morgan fingerprint density at radius 2 is 1.93 bits per heavy atom. The fourth-order valence-corrected chi connectivity index (χ4v) is 1.58. The summed E-state index contributed by atoms with van der Waals surface area (Å²) in [6.07, 6.45) is 1.79. The van der Waals surface area contributed by atoms with E-state index in [1.54, 1.807) is 12.1 Å². The van der Waals surface area contributed by atoms with Gasteiger partial charge in [-0.15, -0.1) is 0 Å². The first-order valence-electron chi connectivity index (χ1n) is 4.95. The minimum atomic E-state index is -0.174. The number of rotatable bonds is 3. The summed E-state index contributed by atoms with van der Waals surface area (Å²) in [5.41, 5.74) is 1.13.